The van der Waals surface area contributed by atoms with Gasteiger partial charge in [-0.05, 0) is 12.8 Å². The van der Waals surface area contributed by atoms with E-state index in [9.17, 15) is 4.79 Å². The molecule has 1 atom stereocenters. The van der Waals surface area contributed by atoms with Crippen LogP contribution in [0, 0.1) is 5.92 Å². The van der Waals surface area contributed by atoms with Crippen LogP contribution in [0.2, 0.25) is 0 Å². The maximum atomic E-state index is 11.0. The summed E-state index contributed by atoms with van der Waals surface area (Å²) >= 11 is 4.92. The monoisotopic (exact) mass is 173 g/mol. The highest BCUT2D eigenvalue weighted by Crippen LogP contribution is 2.12. The lowest BCUT2D eigenvalue weighted by atomic mass is 10.0. The van der Waals surface area contributed by atoms with Gasteiger partial charge in [0.25, 0.3) is 0 Å². The van der Waals surface area contributed by atoms with Gasteiger partial charge in [0.15, 0.2) is 0 Å². The molecule has 1 unspecified atom stereocenters. The van der Waals surface area contributed by atoms with Gasteiger partial charge in [-0.25, -0.2) is 0 Å². The number of thiocarbonyl (C=S) groups is 1. The van der Waals surface area contributed by atoms with Crippen molar-refractivity contribution in [3.8, 4) is 0 Å². The molecule has 1 heterocycles. The highest BCUT2D eigenvalue weighted by molar-refractivity contribution is 7.80. The number of methoxy groups -OCH3 is 1. The molecule has 4 heteroatoms. The Kier molecular flexibility index (Phi) is 2.82. The maximum absolute atomic E-state index is 11.0. The van der Waals surface area contributed by atoms with Crippen LogP contribution >= 0.6 is 12.2 Å². The van der Waals surface area contributed by atoms with Crippen molar-refractivity contribution in [1.82, 2.24) is 5.32 Å². The number of carbonyl (C=O) groups is 1. The quantitative estimate of drug-likeness (QED) is 0.462. The molecule has 1 saturated heterocycles. The van der Waals surface area contributed by atoms with Crippen molar-refractivity contribution < 1.29 is 9.53 Å². The van der Waals surface area contributed by atoms with Crippen LogP contribution in [-0.4, -0.2) is 24.6 Å². The van der Waals surface area contributed by atoms with Gasteiger partial charge in [-0.2, -0.15) is 0 Å². The molecule has 62 valence electrons. The van der Waals surface area contributed by atoms with Gasteiger partial charge in [0.1, 0.15) is 0 Å². The molecular weight excluding hydrogens is 162 g/mol. The number of carbonyl (C=O) groups excluding carboxylic acids is 1. The lowest BCUT2D eigenvalue weighted by Crippen LogP contribution is -2.37. The number of hydrogen-bond acceptors (Lipinski definition) is 3. The zero-order valence-corrected chi connectivity index (χ0v) is 7.24. The standard InChI is InChI=1S/C7H11NO2S/c1-10-7(9)5-2-3-6(11)8-4-5/h5H,2-4H2,1H3,(H,8,11). The lowest BCUT2D eigenvalue weighted by molar-refractivity contribution is -0.145. The van der Waals surface area contributed by atoms with Crippen LogP contribution in [0.5, 0.6) is 0 Å². The number of nitrogens with one attached hydrogen (secondary N) is 1. The molecule has 11 heavy (non-hydrogen) atoms. The zero-order valence-electron chi connectivity index (χ0n) is 6.42. The molecule has 0 amide bonds. The largest absolute Gasteiger partial charge is 0.469 e. The van der Waals surface area contributed by atoms with Crippen LogP contribution < -0.4 is 5.32 Å². The average molecular weight is 173 g/mol. The Morgan fingerprint density at radius 2 is 2.55 bits per heavy atom. The van der Waals surface area contributed by atoms with Crippen molar-refractivity contribution in [2.75, 3.05) is 13.7 Å². The average Bonchev–Trinajstić information content (AvgIpc) is 2.05. The highest BCUT2D eigenvalue weighted by Gasteiger charge is 2.22. The van der Waals surface area contributed by atoms with Gasteiger partial charge < -0.3 is 10.1 Å². The van der Waals surface area contributed by atoms with E-state index in [0.717, 1.165) is 17.8 Å². The summed E-state index contributed by atoms with van der Waals surface area (Å²) in [6.07, 6.45) is 1.62. The molecule has 0 aromatic rings. The molecule has 1 fully saturated rings. The third-order valence-electron chi connectivity index (χ3n) is 1.80. The topological polar surface area (TPSA) is 38.3 Å². The number of hydrogen-bond donors (Lipinski definition) is 1. The summed E-state index contributed by atoms with van der Waals surface area (Å²) in [6, 6.07) is 0. The van der Waals surface area contributed by atoms with E-state index in [1.54, 1.807) is 0 Å². The van der Waals surface area contributed by atoms with E-state index in [-0.39, 0.29) is 11.9 Å². The van der Waals surface area contributed by atoms with Crippen LogP contribution in [0.1, 0.15) is 12.8 Å². The molecule has 0 aromatic heterocycles. The Morgan fingerprint density at radius 3 is 3.00 bits per heavy atom. The Labute approximate surface area is 71.1 Å². The minimum atomic E-state index is -0.139. The van der Waals surface area contributed by atoms with E-state index in [0.29, 0.717) is 6.54 Å². The summed E-state index contributed by atoms with van der Waals surface area (Å²) in [7, 11) is 1.41. The predicted molar refractivity (Wildman–Crippen MR) is 45.3 cm³/mol. The Hall–Kier alpha value is -0.640. The molecule has 0 radical (unpaired) electrons. The molecule has 0 aromatic carbocycles. The van der Waals surface area contributed by atoms with Crippen molar-refractivity contribution in [2.45, 2.75) is 12.8 Å². The van der Waals surface area contributed by atoms with Gasteiger partial charge in [-0.15, -0.1) is 0 Å². The second kappa shape index (κ2) is 3.67. The van der Waals surface area contributed by atoms with E-state index in [1.165, 1.54) is 7.11 Å². The van der Waals surface area contributed by atoms with E-state index in [4.69, 9.17) is 12.2 Å². The van der Waals surface area contributed by atoms with Crippen LogP contribution in [0.15, 0.2) is 0 Å². The summed E-state index contributed by atoms with van der Waals surface area (Å²) in [5.74, 6) is -0.147. The van der Waals surface area contributed by atoms with Gasteiger partial charge in [0.05, 0.1) is 18.0 Å². The SMILES string of the molecule is COC(=O)C1CCC(=S)NC1. The fourth-order valence-corrected chi connectivity index (χ4v) is 1.30. The number of piperidine rings is 1. The maximum Gasteiger partial charge on any atom is 0.310 e. The molecular formula is C7H11NO2S. The minimum absolute atomic E-state index is 0.00769. The van der Waals surface area contributed by atoms with Crippen LogP contribution in [0.25, 0.3) is 0 Å². The molecule has 1 rings (SSSR count). The van der Waals surface area contributed by atoms with E-state index in [1.807, 2.05) is 0 Å². The molecule has 0 spiro atoms. The number of rotatable bonds is 1. The van der Waals surface area contributed by atoms with Gasteiger partial charge in [-0.3, -0.25) is 4.79 Å². The van der Waals surface area contributed by atoms with Crippen LogP contribution in [-0.2, 0) is 9.53 Å². The van der Waals surface area contributed by atoms with Crippen LogP contribution in [0.3, 0.4) is 0 Å². The first kappa shape index (κ1) is 8.46. The first-order chi connectivity index (χ1) is 5.24. The summed E-state index contributed by atoms with van der Waals surface area (Å²) in [4.78, 5) is 11.8. The lowest BCUT2D eigenvalue weighted by Gasteiger charge is -2.21. The van der Waals surface area contributed by atoms with Crippen molar-refractivity contribution in [2.24, 2.45) is 5.92 Å². The van der Waals surface area contributed by atoms with Crippen LogP contribution in [0.4, 0.5) is 0 Å². The Morgan fingerprint density at radius 1 is 1.82 bits per heavy atom. The van der Waals surface area contributed by atoms with Gasteiger partial charge in [0, 0.05) is 6.54 Å². The van der Waals surface area contributed by atoms with E-state index < -0.39 is 0 Å². The minimum Gasteiger partial charge on any atom is -0.469 e. The number of ether oxygens (including phenoxy) is 1. The number of esters is 1. The van der Waals surface area contributed by atoms with E-state index >= 15 is 0 Å². The molecule has 0 saturated carbocycles. The molecule has 3 nitrogen and oxygen atoms in total. The van der Waals surface area contributed by atoms with Gasteiger partial charge in [0.2, 0.25) is 0 Å². The van der Waals surface area contributed by atoms with Crippen molar-refractivity contribution in [3.63, 3.8) is 0 Å². The molecule has 0 bridgehead atoms. The Bertz CT molecular complexity index is 171. The predicted octanol–water partition coefficient (Wildman–Crippen LogP) is 0.486. The van der Waals surface area contributed by atoms with Gasteiger partial charge >= 0.3 is 5.97 Å². The Balaban J connectivity index is 2.39. The molecule has 1 N–H and O–H groups in total. The van der Waals surface area contributed by atoms with Crippen molar-refractivity contribution >= 4 is 23.2 Å². The summed E-state index contributed by atoms with van der Waals surface area (Å²) in [6.45, 7) is 0.630. The van der Waals surface area contributed by atoms with Crippen molar-refractivity contribution in [3.05, 3.63) is 0 Å². The summed E-state index contributed by atoms with van der Waals surface area (Å²) in [5.41, 5.74) is 0. The second-order valence-electron chi connectivity index (χ2n) is 2.56. The zero-order chi connectivity index (χ0) is 8.27. The molecule has 1 aliphatic heterocycles. The highest BCUT2D eigenvalue weighted by atomic mass is 32.1. The van der Waals surface area contributed by atoms with E-state index in [2.05, 4.69) is 10.1 Å². The summed E-state index contributed by atoms with van der Waals surface area (Å²) in [5, 5.41) is 2.98. The van der Waals surface area contributed by atoms with Crippen molar-refractivity contribution in [1.29, 1.82) is 0 Å². The summed E-state index contributed by atoms with van der Waals surface area (Å²) < 4.78 is 4.60. The first-order valence-corrected chi connectivity index (χ1v) is 3.99. The normalized spacial score (nSPS) is 24.1. The third-order valence-corrected chi connectivity index (χ3v) is 2.15. The fourth-order valence-electron chi connectivity index (χ4n) is 1.10. The first-order valence-electron chi connectivity index (χ1n) is 3.58. The van der Waals surface area contributed by atoms with Gasteiger partial charge in [-0.1, -0.05) is 12.2 Å². The molecule has 0 aliphatic carbocycles. The smallest absolute Gasteiger partial charge is 0.310 e. The molecule has 1 aliphatic rings. The second-order valence-corrected chi connectivity index (χ2v) is 3.06. The third kappa shape index (κ3) is 2.15. The fraction of sp³-hybridized carbons (Fsp3) is 0.714.